The normalized spacial score (nSPS) is 16.5. The molecule has 0 saturated heterocycles. The maximum atomic E-state index is 12.0. The Hall–Kier alpha value is -2.34. The zero-order valence-electron chi connectivity index (χ0n) is 14.0. The lowest BCUT2D eigenvalue weighted by atomic mass is 9.93. The van der Waals surface area contributed by atoms with E-state index in [2.05, 4.69) is 32.5 Å². The van der Waals surface area contributed by atoms with Crippen molar-refractivity contribution in [2.45, 2.75) is 31.8 Å². The van der Waals surface area contributed by atoms with Crippen LogP contribution in [0.1, 0.15) is 35.7 Å². The lowest BCUT2D eigenvalue weighted by molar-refractivity contribution is 0.194. The first-order valence-corrected chi connectivity index (χ1v) is 8.39. The van der Waals surface area contributed by atoms with Crippen molar-refractivity contribution in [2.75, 3.05) is 20.3 Å². The standard InChI is InChI=1S/C18H24N4O2/c1-24-11-10-19-18(23)21-16-8-5-9-17-15(16)12-20-22(17)13-14-6-3-2-4-7-14/h2-4,6-7,12,16H,5,8-11,13H2,1H3,(H2,19,21,23). The van der Waals surface area contributed by atoms with Crippen LogP contribution in [0.15, 0.2) is 36.5 Å². The molecule has 1 aromatic heterocycles. The van der Waals surface area contributed by atoms with Crippen LogP contribution >= 0.6 is 0 Å². The van der Waals surface area contributed by atoms with Gasteiger partial charge in [0.25, 0.3) is 0 Å². The summed E-state index contributed by atoms with van der Waals surface area (Å²) in [4.78, 5) is 12.0. The molecule has 3 rings (SSSR count). The van der Waals surface area contributed by atoms with Gasteiger partial charge in [-0.05, 0) is 24.8 Å². The van der Waals surface area contributed by atoms with Gasteiger partial charge in [-0.2, -0.15) is 5.10 Å². The van der Waals surface area contributed by atoms with E-state index in [1.165, 1.54) is 11.3 Å². The SMILES string of the molecule is COCCNC(=O)NC1CCCc2c1cnn2Cc1ccccc1. The number of aromatic nitrogens is 2. The van der Waals surface area contributed by atoms with E-state index in [4.69, 9.17) is 4.74 Å². The van der Waals surface area contributed by atoms with E-state index in [1.54, 1.807) is 7.11 Å². The van der Waals surface area contributed by atoms with Crippen molar-refractivity contribution in [3.8, 4) is 0 Å². The Bertz CT molecular complexity index is 669. The fourth-order valence-corrected chi connectivity index (χ4v) is 3.14. The van der Waals surface area contributed by atoms with Crippen molar-refractivity contribution in [2.24, 2.45) is 0 Å². The number of benzene rings is 1. The Balaban J connectivity index is 1.67. The number of amides is 2. The summed E-state index contributed by atoms with van der Waals surface area (Å²) in [6.45, 7) is 1.79. The van der Waals surface area contributed by atoms with Gasteiger partial charge >= 0.3 is 6.03 Å². The summed E-state index contributed by atoms with van der Waals surface area (Å²) in [5, 5.41) is 10.4. The lowest BCUT2D eigenvalue weighted by Gasteiger charge is -2.24. The highest BCUT2D eigenvalue weighted by molar-refractivity contribution is 5.74. The molecule has 6 nitrogen and oxygen atoms in total. The largest absolute Gasteiger partial charge is 0.383 e. The molecular formula is C18H24N4O2. The quantitative estimate of drug-likeness (QED) is 0.799. The van der Waals surface area contributed by atoms with Crippen molar-refractivity contribution in [3.63, 3.8) is 0 Å². The van der Waals surface area contributed by atoms with E-state index >= 15 is 0 Å². The molecule has 2 aromatic rings. The van der Waals surface area contributed by atoms with E-state index < -0.39 is 0 Å². The topological polar surface area (TPSA) is 68.2 Å². The molecule has 1 aliphatic carbocycles. The summed E-state index contributed by atoms with van der Waals surface area (Å²) < 4.78 is 7.00. The number of carbonyl (C=O) groups is 1. The van der Waals surface area contributed by atoms with Crippen molar-refractivity contribution in [1.29, 1.82) is 0 Å². The van der Waals surface area contributed by atoms with Gasteiger partial charge in [-0.3, -0.25) is 4.68 Å². The third-order valence-electron chi connectivity index (χ3n) is 4.34. The zero-order chi connectivity index (χ0) is 16.8. The molecule has 128 valence electrons. The van der Waals surface area contributed by atoms with E-state index in [1.807, 2.05) is 24.4 Å². The number of nitrogens with zero attached hydrogens (tertiary/aromatic N) is 2. The minimum Gasteiger partial charge on any atom is -0.383 e. The van der Waals surface area contributed by atoms with E-state index in [-0.39, 0.29) is 12.1 Å². The maximum Gasteiger partial charge on any atom is 0.315 e. The van der Waals surface area contributed by atoms with Gasteiger partial charge in [-0.1, -0.05) is 30.3 Å². The van der Waals surface area contributed by atoms with Crippen molar-refractivity contribution in [3.05, 3.63) is 53.3 Å². The van der Waals surface area contributed by atoms with Gasteiger partial charge < -0.3 is 15.4 Å². The third-order valence-corrected chi connectivity index (χ3v) is 4.34. The molecule has 0 spiro atoms. The Morgan fingerprint density at radius 3 is 3.00 bits per heavy atom. The highest BCUT2D eigenvalue weighted by atomic mass is 16.5. The summed E-state index contributed by atoms with van der Waals surface area (Å²) in [5.74, 6) is 0. The molecule has 24 heavy (non-hydrogen) atoms. The fourth-order valence-electron chi connectivity index (χ4n) is 3.14. The van der Waals surface area contributed by atoms with Crippen LogP contribution < -0.4 is 10.6 Å². The number of rotatable bonds is 6. The van der Waals surface area contributed by atoms with Crippen molar-refractivity contribution < 1.29 is 9.53 Å². The van der Waals surface area contributed by atoms with Gasteiger partial charge in [0.05, 0.1) is 25.4 Å². The van der Waals surface area contributed by atoms with Crippen LogP contribution in [0.3, 0.4) is 0 Å². The average Bonchev–Trinajstić information content (AvgIpc) is 3.00. The molecule has 0 fully saturated rings. The summed E-state index contributed by atoms with van der Waals surface area (Å²) in [6, 6.07) is 10.2. The highest BCUT2D eigenvalue weighted by Crippen LogP contribution is 2.29. The van der Waals surface area contributed by atoms with Crippen LogP contribution in [0.5, 0.6) is 0 Å². The number of fused-ring (bicyclic) bond motifs is 1. The predicted octanol–water partition coefficient (Wildman–Crippen LogP) is 2.25. The Kier molecular flexibility index (Phi) is 5.48. The number of hydrogen-bond acceptors (Lipinski definition) is 3. The molecule has 0 radical (unpaired) electrons. The molecule has 0 saturated carbocycles. The van der Waals surface area contributed by atoms with Gasteiger partial charge in [0.1, 0.15) is 0 Å². The summed E-state index contributed by atoms with van der Waals surface area (Å²) >= 11 is 0. The number of hydrogen-bond donors (Lipinski definition) is 2. The van der Waals surface area contributed by atoms with Gasteiger partial charge in [-0.25, -0.2) is 4.79 Å². The third kappa shape index (κ3) is 3.94. The van der Waals surface area contributed by atoms with Crippen LogP contribution in [0.2, 0.25) is 0 Å². The molecule has 2 amide bonds. The second kappa shape index (κ2) is 7.97. The fraction of sp³-hybridized carbons (Fsp3) is 0.444. The molecule has 0 bridgehead atoms. The highest BCUT2D eigenvalue weighted by Gasteiger charge is 2.25. The van der Waals surface area contributed by atoms with Crippen LogP contribution in [0.25, 0.3) is 0 Å². The van der Waals surface area contributed by atoms with Crippen LogP contribution in [0, 0.1) is 0 Å². The monoisotopic (exact) mass is 328 g/mol. The smallest absolute Gasteiger partial charge is 0.315 e. The lowest BCUT2D eigenvalue weighted by Crippen LogP contribution is -2.40. The number of carbonyl (C=O) groups excluding carboxylic acids is 1. The molecule has 1 atom stereocenters. The van der Waals surface area contributed by atoms with Crippen LogP contribution in [-0.4, -0.2) is 36.1 Å². The summed E-state index contributed by atoms with van der Waals surface area (Å²) in [6.07, 6.45) is 4.90. The summed E-state index contributed by atoms with van der Waals surface area (Å²) in [7, 11) is 1.62. The predicted molar refractivity (Wildman–Crippen MR) is 91.9 cm³/mol. The number of nitrogens with one attached hydrogen (secondary N) is 2. The minimum atomic E-state index is -0.152. The molecule has 6 heteroatoms. The number of ether oxygens (including phenoxy) is 1. The summed E-state index contributed by atoms with van der Waals surface area (Å²) in [5.41, 5.74) is 3.60. The van der Waals surface area contributed by atoms with E-state index in [0.717, 1.165) is 31.4 Å². The molecule has 0 aliphatic heterocycles. The second-order valence-corrected chi connectivity index (χ2v) is 6.03. The van der Waals surface area contributed by atoms with Gasteiger partial charge in [-0.15, -0.1) is 0 Å². The van der Waals surface area contributed by atoms with Gasteiger partial charge in [0.2, 0.25) is 0 Å². The molecule has 1 heterocycles. The van der Waals surface area contributed by atoms with E-state index in [9.17, 15) is 4.79 Å². The Morgan fingerprint density at radius 1 is 1.38 bits per heavy atom. The average molecular weight is 328 g/mol. The Morgan fingerprint density at radius 2 is 2.21 bits per heavy atom. The first-order valence-electron chi connectivity index (χ1n) is 8.39. The molecule has 1 aliphatic rings. The van der Waals surface area contributed by atoms with Gasteiger partial charge in [0.15, 0.2) is 0 Å². The molecule has 2 N–H and O–H groups in total. The first kappa shape index (κ1) is 16.5. The number of urea groups is 1. The molecule has 1 aromatic carbocycles. The van der Waals surface area contributed by atoms with Crippen molar-refractivity contribution >= 4 is 6.03 Å². The zero-order valence-corrected chi connectivity index (χ0v) is 14.0. The Labute approximate surface area is 142 Å². The minimum absolute atomic E-state index is 0.0285. The number of methoxy groups -OCH3 is 1. The second-order valence-electron chi connectivity index (χ2n) is 6.03. The molecular weight excluding hydrogens is 304 g/mol. The van der Waals surface area contributed by atoms with E-state index in [0.29, 0.717) is 13.2 Å². The van der Waals surface area contributed by atoms with Crippen LogP contribution in [-0.2, 0) is 17.7 Å². The maximum absolute atomic E-state index is 12.0. The van der Waals surface area contributed by atoms with Crippen LogP contribution in [0.4, 0.5) is 4.79 Å². The molecule has 1 unspecified atom stereocenters. The first-order chi connectivity index (χ1) is 11.8. The van der Waals surface area contributed by atoms with Crippen molar-refractivity contribution in [1.82, 2.24) is 20.4 Å². The van der Waals surface area contributed by atoms with Gasteiger partial charge in [0, 0.05) is 24.9 Å².